The molecule has 7 heteroatoms. The number of rotatable bonds is 5. The molecule has 0 aliphatic carbocycles. The highest BCUT2D eigenvalue weighted by Gasteiger charge is 2.27. The summed E-state index contributed by atoms with van der Waals surface area (Å²) in [5, 5.41) is 3.40. The lowest BCUT2D eigenvalue weighted by atomic mass is 10.1. The number of sulfonamides is 1. The number of amides is 1. The fraction of sp³-hybridized carbons (Fsp3) is 0.350. The Morgan fingerprint density at radius 3 is 2.52 bits per heavy atom. The predicted molar refractivity (Wildman–Crippen MR) is 106 cm³/mol. The van der Waals surface area contributed by atoms with Crippen LogP contribution in [0.1, 0.15) is 40.7 Å². The molecule has 1 aliphatic rings. The minimum atomic E-state index is -3.58. The monoisotopic (exact) mass is 406 g/mol. The second kappa shape index (κ2) is 8.42. The molecule has 27 heavy (non-hydrogen) atoms. The number of aryl methyl sites for hydroxylation is 1. The fourth-order valence-corrected chi connectivity index (χ4v) is 4.92. The van der Waals surface area contributed by atoms with E-state index in [4.69, 9.17) is 11.6 Å². The Labute approximate surface area is 165 Å². The third kappa shape index (κ3) is 4.51. The Kier molecular flexibility index (Phi) is 6.19. The Bertz CT molecular complexity index is 938. The number of halogens is 1. The number of carbonyl (C=O) groups is 1. The molecule has 0 bridgehead atoms. The molecular weight excluding hydrogens is 384 g/mol. The van der Waals surface area contributed by atoms with Crippen molar-refractivity contribution in [1.82, 2.24) is 9.62 Å². The summed E-state index contributed by atoms with van der Waals surface area (Å²) < 4.78 is 27.3. The van der Waals surface area contributed by atoms with Gasteiger partial charge in [0.25, 0.3) is 5.91 Å². The van der Waals surface area contributed by atoms with Gasteiger partial charge in [-0.2, -0.15) is 4.31 Å². The van der Waals surface area contributed by atoms with Crippen molar-refractivity contribution in [2.75, 3.05) is 13.1 Å². The number of piperidine rings is 1. The quantitative estimate of drug-likeness (QED) is 0.822. The van der Waals surface area contributed by atoms with E-state index in [1.807, 2.05) is 18.2 Å². The van der Waals surface area contributed by atoms with Crippen LogP contribution >= 0.6 is 11.6 Å². The Balaban J connectivity index is 1.80. The van der Waals surface area contributed by atoms with E-state index >= 15 is 0 Å². The molecule has 1 amide bonds. The van der Waals surface area contributed by atoms with E-state index in [9.17, 15) is 13.2 Å². The first-order chi connectivity index (χ1) is 12.9. The molecule has 1 N–H and O–H groups in total. The molecule has 5 nitrogen and oxygen atoms in total. The highest BCUT2D eigenvalue weighted by molar-refractivity contribution is 7.89. The average Bonchev–Trinajstić information content (AvgIpc) is 2.68. The summed E-state index contributed by atoms with van der Waals surface area (Å²) in [6.07, 6.45) is 2.79. The normalized spacial score (nSPS) is 15.5. The predicted octanol–water partition coefficient (Wildman–Crippen LogP) is 3.75. The van der Waals surface area contributed by atoms with E-state index in [0.29, 0.717) is 23.7 Å². The Hall–Kier alpha value is -1.89. The molecule has 2 aromatic rings. The lowest BCUT2D eigenvalue weighted by molar-refractivity contribution is 0.0950. The van der Waals surface area contributed by atoms with Gasteiger partial charge in [0.1, 0.15) is 0 Å². The van der Waals surface area contributed by atoms with Crippen molar-refractivity contribution in [2.45, 2.75) is 37.6 Å². The van der Waals surface area contributed by atoms with Crippen LogP contribution in [0.15, 0.2) is 47.4 Å². The molecule has 0 radical (unpaired) electrons. The molecule has 3 rings (SSSR count). The van der Waals surface area contributed by atoms with Crippen molar-refractivity contribution in [1.29, 1.82) is 0 Å². The highest BCUT2D eigenvalue weighted by atomic mass is 35.5. The standard InChI is InChI=1S/C20H23ClN2O3S/c1-15-9-10-17(27(25,26)23-11-5-2-6-12-23)13-18(15)20(24)22-14-16-7-3-4-8-19(16)21/h3-4,7-10,13H,2,5-6,11-12,14H2,1H3,(H,22,24). The highest BCUT2D eigenvalue weighted by Crippen LogP contribution is 2.23. The van der Waals surface area contributed by atoms with Gasteiger partial charge in [0.05, 0.1) is 4.90 Å². The van der Waals surface area contributed by atoms with Crippen LogP contribution in [0, 0.1) is 6.92 Å². The van der Waals surface area contributed by atoms with Crippen molar-refractivity contribution in [3.8, 4) is 0 Å². The van der Waals surface area contributed by atoms with Crippen molar-refractivity contribution in [3.63, 3.8) is 0 Å². The molecule has 144 valence electrons. The summed E-state index contributed by atoms with van der Waals surface area (Å²) in [6.45, 7) is 3.14. The molecule has 1 aliphatic heterocycles. The van der Waals surface area contributed by atoms with Crippen molar-refractivity contribution >= 4 is 27.5 Å². The molecule has 0 spiro atoms. The molecule has 1 heterocycles. The lowest BCUT2D eigenvalue weighted by Crippen LogP contribution is -2.35. The van der Waals surface area contributed by atoms with Crippen LogP contribution in [0.2, 0.25) is 5.02 Å². The second-order valence-electron chi connectivity index (χ2n) is 6.72. The van der Waals surface area contributed by atoms with E-state index in [1.54, 1.807) is 25.1 Å². The van der Waals surface area contributed by atoms with Gasteiger partial charge in [-0.05, 0) is 49.1 Å². The van der Waals surface area contributed by atoms with Crippen LogP contribution in [0.3, 0.4) is 0 Å². The van der Waals surface area contributed by atoms with Crippen LogP contribution in [0.25, 0.3) is 0 Å². The van der Waals surface area contributed by atoms with Gasteiger partial charge < -0.3 is 5.32 Å². The van der Waals surface area contributed by atoms with Crippen LogP contribution in [-0.2, 0) is 16.6 Å². The third-order valence-corrected chi connectivity index (χ3v) is 7.07. The maximum absolute atomic E-state index is 12.9. The third-order valence-electron chi connectivity index (χ3n) is 4.80. The Morgan fingerprint density at radius 1 is 1.11 bits per heavy atom. The zero-order valence-electron chi connectivity index (χ0n) is 15.2. The molecule has 1 saturated heterocycles. The van der Waals surface area contributed by atoms with Gasteiger partial charge in [-0.25, -0.2) is 8.42 Å². The molecule has 0 unspecified atom stereocenters. The number of nitrogens with zero attached hydrogens (tertiary/aromatic N) is 1. The Morgan fingerprint density at radius 2 is 1.81 bits per heavy atom. The van der Waals surface area contributed by atoms with Gasteiger partial charge >= 0.3 is 0 Å². The number of benzene rings is 2. The van der Waals surface area contributed by atoms with Crippen molar-refractivity contribution < 1.29 is 13.2 Å². The SMILES string of the molecule is Cc1ccc(S(=O)(=O)N2CCCCC2)cc1C(=O)NCc1ccccc1Cl. The largest absolute Gasteiger partial charge is 0.348 e. The van der Waals surface area contributed by atoms with Crippen LogP contribution in [0.5, 0.6) is 0 Å². The number of nitrogens with one attached hydrogen (secondary N) is 1. The molecule has 0 aromatic heterocycles. The summed E-state index contributed by atoms with van der Waals surface area (Å²) in [5.41, 5.74) is 1.90. The summed E-state index contributed by atoms with van der Waals surface area (Å²) in [5.74, 6) is -0.317. The summed E-state index contributed by atoms with van der Waals surface area (Å²) >= 11 is 6.12. The van der Waals surface area contributed by atoms with Crippen LogP contribution < -0.4 is 5.32 Å². The van der Waals surface area contributed by atoms with Crippen LogP contribution in [0.4, 0.5) is 0 Å². The van der Waals surface area contributed by atoms with E-state index < -0.39 is 10.0 Å². The average molecular weight is 407 g/mol. The van der Waals surface area contributed by atoms with Gasteiger partial charge in [0.2, 0.25) is 10.0 Å². The smallest absolute Gasteiger partial charge is 0.251 e. The minimum absolute atomic E-state index is 0.165. The van der Waals surface area contributed by atoms with Gasteiger partial charge in [-0.15, -0.1) is 0 Å². The van der Waals surface area contributed by atoms with Gasteiger partial charge in [0.15, 0.2) is 0 Å². The van der Waals surface area contributed by atoms with Gasteiger partial charge in [0, 0.05) is 30.2 Å². The first kappa shape index (κ1) is 19.9. The zero-order valence-corrected chi connectivity index (χ0v) is 16.8. The molecule has 1 fully saturated rings. The summed E-state index contributed by atoms with van der Waals surface area (Å²) in [4.78, 5) is 12.8. The van der Waals surface area contributed by atoms with E-state index in [-0.39, 0.29) is 17.3 Å². The van der Waals surface area contributed by atoms with Gasteiger partial charge in [-0.1, -0.05) is 42.3 Å². The number of carbonyl (C=O) groups excluding carboxylic acids is 1. The van der Waals surface area contributed by atoms with Crippen LogP contribution in [-0.4, -0.2) is 31.7 Å². The number of hydrogen-bond donors (Lipinski definition) is 1. The zero-order chi connectivity index (χ0) is 19.4. The summed E-state index contributed by atoms with van der Waals surface area (Å²) in [7, 11) is -3.58. The van der Waals surface area contributed by atoms with E-state index in [0.717, 1.165) is 30.4 Å². The number of hydrogen-bond acceptors (Lipinski definition) is 3. The van der Waals surface area contributed by atoms with E-state index in [2.05, 4.69) is 5.32 Å². The van der Waals surface area contributed by atoms with Crippen molar-refractivity contribution in [2.24, 2.45) is 0 Å². The molecular formula is C20H23ClN2O3S. The maximum atomic E-state index is 12.9. The summed E-state index contributed by atoms with van der Waals surface area (Å²) in [6, 6.07) is 12.0. The molecule has 0 atom stereocenters. The molecule has 2 aromatic carbocycles. The molecule has 0 saturated carbocycles. The van der Waals surface area contributed by atoms with Gasteiger partial charge in [-0.3, -0.25) is 4.79 Å². The maximum Gasteiger partial charge on any atom is 0.251 e. The lowest BCUT2D eigenvalue weighted by Gasteiger charge is -2.26. The second-order valence-corrected chi connectivity index (χ2v) is 9.06. The first-order valence-corrected chi connectivity index (χ1v) is 10.8. The first-order valence-electron chi connectivity index (χ1n) is 9.02. The topological polar surface area (TPSA) is 66.5 Å². The fourth-order valence-electron chi connectivity index (χ4n) is 3.17. The van der Waals surface area contributed by atoms with E-state index in [1.165, 1.54) is 10.4 Å². The van der Waals surface area contributed by atoms with Crippen molar-refractivity contribution in [3.05, 3.63) is 64.2 Å². The minimum Gasteiger partial charge on any atom is -0.348 e.